The van der Waals surface area contributed by atoms with Crippen LogP contribution < -0.4 is 0 Å². The summed E-state index contributed by atoms with van der Waals surface area (Å²) in [6.45, 7) is 3.69. The third kappa shape index (κ3) is 5.32. The molecule has 3 aromatic heterocycles. The monoisotopic (exact) mass is 546 g/mol. The van der Waals surface area contributed by atoms with Gasteiger partial charge in [-0.25, -0.2) is 22.4 Å². The molecule has 0 atom stereocenters. The molecule has 0 N–H and O–H groups in total. The van der Waals surface area contributed by atoms with E-state index in [0.717, 1.165) is 6.07 Å². The molecule has 0 spiro atoms. The Hall–Kier alpha value is -3.63. The molecule has 200 valence electrons. The Balaban J connectivity index is 1.46. The second-order valence-electron chi connectivity index (χ2n) is 9.10. The second kappa shape index (κ2) is 10.3. The molecule has 4 rings (SSSR count). The van der Waals surface area contributed by atoms with Gasteiger partial charge < -0.3 is 0 Å². The van der Waals surface area contributed by atoms with Crippen LogP contribution in [0.15, 0.2) is 42.9 Å². The van der Waals surface area contributed by atoms with Gasteiger partial charge in [0.25, 0.3) is 0 Å². The number of halogens is 3. The number of rotatable bonds is 7. The van der Waals surface area contributed by atoms with Crippen molar-refractivity contribution in [3.05, 3.63) is 70.9 Å². The van der Waals surface area contributed by atoms with Crippen molar-refractivity contribution in [2.75, 3.05) is 18.8 Å². The summed E-state index contributed by atoms with van der Waals surface area (Å²) in [5.74, 6) is -0.101. The van der Waals surface area contributed by atoms with Gasteiger partial charge in [-0.3, -0.25) is 9.78 Å². The van der Waals surface area contributed by atoms with E-state index in [1.807, 2.05) is 0 Å². The zero-order valence-corrected chi connectivity index (χ0v) is 21.6. The number of carbonyl (C=O) groups is 1. The van der Waals surface area contributed by atoms with E-state index in [2.05, 4.69) is 21.1 Å². The molecule has 1 saturated heterocycles. The van der Waals surface area contributed by atoms with Crippen LogP contribution in [0, 0.1) is 18.3 Å². The van der Waals surface area contributed by atoms with Crippen LogP contribution in [-0.2, 0) is 28.0 Å². The summed E-state index contributed by atoms with van der Waals surface area (Å²) in [5, 5.41) is 14.0. The van der Waals surface area contributed by atoms with Crippen molar-refractivity contribution in [3.8, 4) is 11.9 Å². The molecule has 9 nitrogen and oxygen atoms in total. The average Bonchev–Trinajstić information content (AvgIpc) is 3.30. The maximum atomic E-state index is 13.0. The highest BCUT2D eigenvalue weighted by atomic mass is 32.2. The Bertz CT molecular complexity index is 1470. The van der Waals surface area contributed by atoms with Crippen LogP contribution in [0.4, 0.5) is 13.2 Å². The fraction of sp³-hybridized carbons (Fsp3) is 0.400. The van der Waals surface area contributed by atoms with Crippen molar-refractivity contribution < 1.29 is 26.4 Å². The normalized spacial score (nSPS) is 16.2. The van der Waals surface area contributed by atoms with Crippen LogP contribution in [0.2, 0.25) is 0 Å². The van der Waals surface area contributed by atoms with E-state index < -0.39 is 27.2 Å². The summed E-state index contributed by atoms with van der Waals surface area (Å²) in [5.41, 5.74) is 0.0833. The number of sulfonamides is 1. The molecule has 0 aliphatic carbocycles. The topological polar surface area (TPSA) is 122 Å². The number of hydrogen-bond acceptors (Lipinski definition) is 7. The summed E-state index contributed by atoms with van der Waals surface area (Å²) in [6.07, 6.45) is -0.265. The average molecular weight is 547 g/mol. The molecule has 1 aliphatic rings. The number of nitriles is 1. The molecule has 13 heteroatoms. The number of piperidine rings is 1. The second-order valence-corrected chi connectivity index (χ2v) is 11.4. The van der Waals surface area contributed by atoms with Crippen molar-refractivity contribution in [3.63, 3.8) is 0 Å². The van der Waals surface area contributed by atoms with Crippen molar-refractivity contribution in [2.24, 2.45) is 0 Å². The largest absolute Gasteiger partial charge is 0.417 e. The van der Waals surface area contributed by atoms with Crippen LogP contribution in [0.1, 0.15) is 52.6 Å². The SMILES string of the molecule is CCS(=O)(=O)N1CCC(C#N)(c2ccc(CC(=O)c3cnn(-c4ccc(C(F)(F)F)cn4)c3C)cn2)CC1. The summed E-state index contributed by atoms with van der Waals surface area (Å²) >= 11 is 0. The summed E-state index contributed by atoms with van der Waals surface area (Å²) in [7, 11) is -3.33. The summed E-state index contributed by atoms with van der Waals surface area (Å²) in [4.78, 5) is 21.2. The first-order valence-electron chi connectivity index (χ1n) is 11.9. The van der Waals surface area contributed by atoms with Crippen LogP contribution in [0.25, 0.3) is 5.82 Å². The first kappa shape index (κ1) is 27.4. The van der Waals surface area contributed by atoms with E-state index in [-0.39, 0.29) is 36.9 Å². The minimum absolute atomic E-state index is 0.00231. The minimum atomic E-state index is -4.50. The van der Waals surface area contributed by atoms with Crippen LogP contribution in [-0.4, -0.2) is 57.1 Å². The minimum Gasteiger partial charge on any atom is -0.294 e. The molecule has 3 aromatic rings. The molecular weight excluding hydrogens is 521 g/mol. The predicted octanol–water partition coefficient (Wildman–Crippen LogP) is 3.62. The Morgan fingerprint density at radius 3 is 2.34 bits per heavy atom. The zero-order chi connectivity index (χ0) is 27.7. The number of alkyl halides is 3. The van der Waals surface area contributed by atoms with E-state index in [1.165, 1.54) is 27.4 Å². The number of ketones is 1. The van der Waals surface area contributed by atoms with E-state index in [1.54, 1.807) is 26.0 Å². The molecule has 0 aromatic carbocycles. The number of Topliss-reactive ketones (excluding diaryl/α,β-unsaturated/α-hetero) is 1. The van der Waals surface area contributed by atoms with Gasteiger partial charge in [0.1, 0.15) is 5.41 Å². The van der Waals surface area contributed by atoms with Gasteiger partial charge in [-0.05, 0) is 50.5 Å². The zero-order valence-electron chi connectivity index (χ0n) is 20.7. The third-order valence-corrected chi connectivity index (χ3v) is 8.71. The van der Waals surface area contributed by atoms with Crippen molar-refractivity contribution in [1.29, 1.82) is 5.26 Å². The molecule has 0 amide bonds. The number of carbonyl (C=O) groups excluding carboxylic acids is 1. The van der Waals surface area contributed by atoms with Crippen molar-refractivity contribution in [1.82, 2.24) is 24.1 Å². The quantitative estimate of drug-likeness (QED) is 0.415. The molecular formula is C25H25F3N6O3S. The molecule has 0 unspecified atom stereocenters. The lowest BCUT2D eigenvalue weighted by molar-refractivity contribution is -0.137. The van der Waals surface area contributed by atoms with E-state index in [9.17, 15) is 31.6 Å². The Morgan fingerprint density at radius 2 is 1.82 bits per heavy atom. The van der Waals surface area contributed by atoms with Gasteiger partial charge in [0.2, 0.25) is 10.0 Å². The summed E-state index contributed by atoms with van der Waals surface area (Å²) < 4.78 is 65.4. The van der Waals surface area contributed by atoms with Crippen molar-refractivity contribution >= 4 is 15.8 Å². The Kier molecular flexibility index (Phi) is 7.40. The lowest BCUT2D eigenvalue weighted by Crippen LogP contribution is -2.45. The fourth-order valence-electron chi connectivity index (χ4n) is 4.44. The van der Waals surface area contributed by atoms with Gasteiger partial charge >= 0.3 is 6.18 Å². The smallest absolute Gasteiger partial charge is 0.294 e. The highest BCUT2D eigenvalue weighted by molar-refractivity contribution is 7.89. The fourth-order valence-corrected chi connectivity index (χ4v) is 5.54. The van der Waals surface area contributed by atoms with Gasteiger partial charge in [-0.2, -0.15) is 23.5 Å². The van der Waals surface area contributed by atoms with E-state index >= 15 is 0 Å². The molecule has 38 heavy (non-hydrogen) atoms. The van der Waals surface area contributed by atoms with Crippen molar-refractivity contribution in [2.45, 2.75) is 44.7 Å². The van der Waals surface area contributed by atoms with Gasteiger partial charge in [0.15, 0.2) is 11.6 Å². The summed E-state index contributed by atoms with van der Waals surface area (Å²) in [6, 6.07) is 7.81. The Morgan fingerprint density at radius 1 is 1.11 bits per heavy atom. The Labute approximate surface area is 218 Å². The molecule has 0 radical (unpaired) electrons. The number of pyridine rings is 2. The van der Waals surface area contributed by atoms with Gasteiger partial charge in [-0.1, -0.05) is 6.07 Å². The van der Waals surface area contributed by atoms with Crippen LogP contribution >= 0.6 is 0 Å². The predicted molar refractivity (Wildman–Crippen MR) is 131 cm³/mol. The number of aromatic nitrogens is 4. The molecule has 1 fully saturated rings. The van der Waals surface area contributed by atoms with Gasteiger partial charge in [0, 0.05) is 31.9 Å². The van der Waals surface area contributed by atoms with Gasteiger partial charge in [-0.15, -0.1) is 0 Å². The van der Waals surface area contributed by atoms with E-state index in [0.29, 0.717) is 41.6 Å². The van der Waals surface area contributed by atoms with E-state index in [4.69, 9.17) is 0 Å². The highest BCUT2D eigenvalue weighted by Gasteiger charge is 2.40. The standard InChI is InChI=1S/C25H25F3N6O3S/c1-3-38(36,37)33-10-8-24(16-29,9-11-33)22-6-4-18(13-30-22)12-21(35)20-15-32-34(17(20)2)23-7-5-19(14-31-23)25(26,27)28/h4-7,13-15H,3,8-12H2,1-2H3. The van der Waals surface area contributed by atoms with Crippen LogP contribution in [0.5, 0.6) is 0 Å². The van der Waals surface area contributed by atoms with Gasteiger partial charge in [0.05, 0.1) is 40.5 Å². The maximum absolute atomic E-state index is 13.0. The molecule has 4 heterocycles. The maximum Gasteiger partial charge on any atom is 0.417 e. The highest BCUT2D eigenvalue weighted by Crippen LogP contribution is 2.35. The number of hydrogen-bond donors (Lipinski definition) is 0. The number of nitrogens with zero attached hydrogens (tertiary/aromatic N) is 6. The molecule has 0 bridgehead atoms. The first-order valence-corrected chi connectivity index (χ1v) is 13.5. The lowest BCUT2D eigenvalue weighted by Gasteiger charge is -2.36. The molecule has 0 saturated carbocycles. The lowest BCUT2D eigenvalue weighted by atomic mass is 9.77. The van der Waals surface area contributed by atoms with Crippen LogP contribution in [0.3, 0.4) is 0 Å². The molecule has 1 aliphatic heterocycles. The third-order valence-electron chi connectivity index (χ3n) is 6.83. The first-order chi connectivity index (χ1) is 17.9.